The van der Waals surface area contributed by atoms with Gasteiger partial charge in [0, 0.05) is 6.07 Å². The number of carbonyl (C=O) groups is 3. The third-order valence-corrected chi connectivity index (χ3v) is 3.32. The highest BCUT2D eigenvalue weighted by Crippen LogP contribution is 2.14. The first kappa shape index (κ1) is 15.2. The molecule has 1 unspecified atom stereocenters. The van der Waals surface area contributed by atoms with Gasteiger partial charge in [-0.1, -0.05) is 6.92 Å². The smallest absolute Gasteiger partial charge is 0.243 e. The SMILES string of the molecule is CCC1C(=O)NC(=O)CN1CC(=O)c1ccc(F)cc1F. The number of halogens is 2. The summed E-state index contributed by atoms with van der Waals surface area (Å²) >= 11 is 0. The number of imide groups is 1. The van der Waals surface area contributed by atoms with Gasteiger partial charge in [-0.3, -0.25) is 24.6 Å². The Bertz CT molecular complexity index is 604. The summed E-state index contributed by atoms with van der Waals surface area (Å²) in [5, 5.41) is 2.19. The maximum atomic E-state index is 13.6. The van der Waals surface area contributed by atoms with Gasteiger partial charge in [-0.15, -0.1) is 0 Å². The topological polar surface area (TPSA) is 66.5 Å². The lowest BCUT2D eigenvalue weighted by atomic mass is 10.1. The molecule has 1 N–H and O–H groups in total. The molecule has 0 radical (unpaired) electrons. The van der Waals surface area contributed by atoms with Crippen LogP contribution in [0, 0.1) is 11.6 Å². The molecule has 2 amide bonds. The average Bonchev–Trinajstić information content (AvgIpc) is 2.37. The molecule has 0 aliphatic carbocycles. The summed E-state index contributed by atoms with van der Waals surface area (Å²) in [6, 6.07) is 2.05. The first-order valence-corrected chi connectivity index (χ1v) is 6.48. The van der Waals surface area contributed by atoms with Gasteiger partial charge in [-0.25, -0.2) is 8.78 Å². The van der Waals surface area contributed by atoms with Gasteiger partial charge < -0.3 is 0 Å². The van der Waals surface area contributed by atoms with Crippen LogP contribution in [0.15, 0.2) is 18.2 Å². The maximum absolute atomic E-state index is 13.6. The molecular formula is C14H14F2N2O3. The van der Waals surface area contributed by atoms with Crippen molar-refractivity contribution < 1.29 is 23.2 Å². The van der Waals surface area contributed by atoms with E-state index in [2.05, 4.69) is 5.32 Å². The number of hydrogen-bond donors (Lipinski definition) is 1. The Kier molecular flexibility index (Phi) is 4.42. The number of ketones is 1. The van der Waals surface area contributed by atoms with E-state index in [0.29, 0.717) is 12.5 Å². The number of piperazine rings is 1. The number of rotatable bonds is 4. The summed E-state index contributed by atoms with van der Waals surface area (Å²) in [5.74, 6) is -3.31. The van der Waals surface area contributed by atoms with Crippen LogP contribution < -0.4 is 5.32 Å². The van der Waals surface area contributed by atoms with Crippen LogP contribution in [0.4, 0.5) is 8.78 Å². The second kappa shape index (κ2) is 6.09. The minimum atomic E-state index is -0.958. The molecule has 0 saturated carbocycles. The van der Waals surface area contributed by atoms with Crippen LogP contribution in [-0.4, -0.2) is 41.6 Å². The summed E-state index contributed by atoms with van der Waals surface area (Å²) in [5.41, 5.74) is -0.260. The Balaban J connectivity index is 2.17. The average molecular weight is 296 g/mol. The van der Waals surface area contributed by atoms with Gasteiger partial charge in [-0.2, -0.15) is 0 Å². The fraction of sp³-hybridized carbons (Fsp3) is 0.357. The fourth-order valence-corrected chi connectivity index (χ4v) is 2.32. The molecule has 1 saturated heterocycles. The van der Waals surface area contributed by atoms with Crippen molar-refractivity contribution in [3.63, 3.8) is 0 Å². The van der Waals surface area contributed by atoms with E-state index >= 15 is 0 Å². The largest absolute Gasteiger partial charge is 0.294 e. The zero-order chi connectivity index (χ0) is 15.6. The molecule has 21 heavy (non-hydrogen) atoms. The Morgan fingerprint density at radius 1 is 1.38 bits per heavy atom. The van der Waals surface area contributed by atoms with Crippen LogP contribution in [0.5, 0.6) is 0 Å². The van der Waals surface area contributed by atoms with Crippen molar-refractivity contribution in [2.45, 2.75) is 19.4 Å². The Labute approximate surface area is 119 Å². The van der Waals surface area contributed by atoms with Gasteiger partial charge in [0.25, 0.3) is 0 Å². The van der Waals surface area contributed by atoms with Crippen molar-refractivity contribution in [2.75, 3.05) is 13.1 Å². The van der Waals surface area contributed by atoms with Crippen LogP contribution in [0.1, 0.15) is 23.7 Å². The number of nitrogens with zero attached hydrogens (tertiary/aromatic N) is 1. The van der Waals surface area contributed by atoms with E-state index in [1.807, 2.05) is 0 Å². The van der Waals surface area contributed by atoms with E-state index < -0.39 is 35.3 Å². The molecule has 1 aromatic carbocycles. The van der Waals surface area contributed by atoms with Crippen molar-refractivity contribution in [3.05, 3.63) is 35.4 Å². The van der Waals surface area contributed by atoms with Crippen molar-refractivity contribution in [1.82, 2.24) is 10.2 Å². The van der Waals surface area contributed by atoms with E-state index in [0.717, 1.165) is 12.1 Å². The van der Waals surface area contributed by atoms with E-state index in [9.17, 15) is 23.2 Å². The molecular weight excluding hydrogens is 282 g/mol. The van der Waals surface area contributed by atoms with Gasteiger partial charge in [0.15, 0.2) is 5.78 Å². The van der Waals surface area contributed by atoms with Gasteiger partial charge in [0.2, 0.25) is 11.8 Å². The third kappa shape index (κ3) is 3.30. The Hall–Kier alpha value is -2.15. The van der Waals surface area contributed by atoms with Crippen molar-refractivity contribution >= 4 is 17.6 Å². The highest BCUT2D eigenvalue weighted by molar-refractivity contribution is 6.03. The van der Waals surface area contributed by atoms with E-state index in [4.69, 9.17) is 0 Å². The molecule has 1 aliphatic rings. The second-order valence-corrected chi connectivity index (χ2v) is 4.79. The van der Waals surface area contributed by atoms with Gasteiger partial charge in [0.1, 0.15) is 11.6 Å². The zero-order valence-corrected chi connectivity index (χ0v) is 11.4. The maximum Gasteiger partial charge on any atom is 0.243 e. The molecule has 112 valence electrons. The third-order valence-electron chi connectivity index (χ3n) is 3.32. The van der Waals surface area contributed by atoms with Crippen LogP contribution in [0.3, 0.4) is 0 Å². The van der Waals surface area contributed by atoms with E-state index in [1.54, 1.807) is 6.92 Å². The van der Waals surface area contributed by atoms with Gasteiger partial charge in [-0.05, 0) is 18.6 Å². The lowest BCUT2D eigenvalue weighted by Crippen LogP contribution is -2.58. The summed E-state index contributed by atoms with van der Waals surface area (Å²) in [6.07, 6.45) is 0.415. The van der Waals surface area contributed by atoms with Crippen LogP contribution in [0.2, 0.25) is 0 Å². The molecule has 1 heterocycles. The normalized spacial score (nSPS) is 19.5. The highest BCUT2D eigenvalue weighted by Gasteiger charge is 2.33. The summed E-state index contributed by atoms with van der Waals surface area (Å²) in [4.78, 5) is 36.5. The van der Waals surface area contributed by atoms with Crippen LogP contribution in [-0.2, 0) is 9.59 Å². The molecule has 1 aromatic rings. The monoisotopic (exact) mass is 296 g/mol. The molecule has 1 aliphatic heterocycles. The minimum absolute atomic E-state index is 0.112. The number of Topliss-reactive ketones (excluding diaryl/α,β-unsaturated/α-hetero) is 1. The van der Waals surface area contributed by atoms with Crippen molar-refractivity contribution in [3.8, 4) is 0 Å². The molecule has 5 nitrogen and oxygen atoms in total. The number of hydrogen-bond acceptors (Lipinski definition) is 4. The minimum Gasteiger partial charge on any atom is -0.294 e. The number of nitrogens with one attached hydrogen (secondary N) is 1. The van der Waals surface area contributed by atoms with Crippen molar-refractivity contribution in [2.24, 2.45) is 0 Å². The number of amides is 2. The predicted octanol–water partition coefficient (Wildman–Crippen LogP) is 0.884. The molecule has 0 aromatic heterocycles. The fourth-order valence-electron chi connectivity index (χ4n) is 2.32. The van der Waals surface area contributed by atoms with Crippen molar-refractivity contribution in [1.29, 1.82) is 0 Å². The summed E-state index contributed by atoms with van der Waals surface area (Å²) < 4.78 is 26.4. The summed E-state index contributed by atoms with van der Waals surface area (Å²) in [6.45, 7) is 1.36. The van der Waals surface area contributed by atoms with Gasteiger partial charge in [0.05, 0.1) is 24.7 Å². The molecule has 0 bridgehead atoms. The molecule has 0 spiro atoms. The lowest BCUT2D eigenvalue weighted by molar-refractivity contribution is -0.139. The first-order chi connectivity index (χ1) is 9.92. The first-order valence-electron chi connectivity index (χ1n) is 6.48. The number of benzene rings is 1. The molecule has 7 heteroatoms. The quantitative estimate of drug-likeness (QED) is 0.662. The standard InChI is InChI=1S/C14H14F2N2O3/c1-2-11-14(21)17-13(20)7-18(11)6-12(19)9-4-3-8(15)5-10(9)16/h3-5,11H,2,6-7H2,1H3,(H,17,20,21). The molecule has 1 fully saturated rings. The molecule has 1 atom stereocenters. The highest BCUT2D eigenvalue weighted by atomic mass is 19.1. The zero-order valence-electron chi connectivity index (χ0n) is 11.4. The summed E-state index contributed by atoms with van der Waals surface area (Å²) in [7, 11) is 0. The van der Waals surface area contributed by atoms with Gasteiger partial charge >= 0.3 is 0 Å². The Morgan fingerprint density at radius 2 is 2.10 bits per heavy atom. The molecule has 2 rings (SSSR count). The van der Waals surface area contributed by atoms with Crippen LogP contribution >= 0.6 is 0 Å². The second-order valence-electron chi connectivity index (χ2n) is 4.79. The van der Waals surface area contributed by atoms with Crippen LogP contribution in [0.25, 0.3) is 0 Å². The van der Waals surface area contributed by atoms with E-state index in [-0.39, 0.29) is 18.7 Å². The number of carbonyl (C=O) groups excluding carboxylic acids is 3. The predicted molar refractivity (Wildman–Crippen MR) is 69.5 cm³/mol. The Morgan fingerprint density at radius 3 is 2.71 bits per heavy atom. The lowest BCUT2D eigenvalue weighted by Gasteiger charge is -2.32. The van der Waals surface area contributed by atoms with E-state index in [1.165, 1.54) is 4.90 Å².